The third-order valence-corrected chi connectivity index (χ3v) is 16.1. The number of nitriles is 1. The molecule has 4 heteroatoms. The smallest absolute Gasteiger partial charge is 0.0993 e. The van der Waals surface area contributed by atoms with Gasteiger partial charge in [-0.25, -0.2) is 4.98 Å². The first-order valence-electron chi connectivity index (χ1n) is 27.0. The van der Waals surface area contributed by atoms with E-state index < -0.39 is 0 Å². The molecule has 78 heavy (non-hydrogen) atoms. The molecule has 0 saturated heterocycles. The van der Waals surface area contributed by atoms with Crippen LogP contribution in [0.15, 0.2) is 206 Å². The van der Waals surface area contributed by atoms with Gasteiger partial charge in [-0.3, -0.25) is 0 Å². The van der Waals surface area contributed by atoms with Gasteiger partial charge in [0.25, 0.3) is 0 Å². The summed E-state index contributed by atoms with van der Waals surface area (Å²) in [6.07, 6.45) is 0. The summed E-state index contributed by atoms with van der Waals surface area (Å²) >= 11 is 0. The molecule has 0 radical (unpaired) electrons. The number of aryl methyl sites for hydroxylation is 8. The fourth-order valence-corrected chi connectivity index (χ4v) is 12.4. The SMILES string of the molecule is Cc1ccc(-c2ccc3c(c2)c2cc(-c4ccc(C)cc4C)ccc2n3-c2cc(C#N)cc(-n3c4ccc(-c5ccc(C)cc5C)cc4c4cc(-c5ccc(C)cc5C)ccc43)c2-c2cccc(-c3ccccc3)n2)c(C)c1. The van der Waals surface area contributed by atoms with Gasteiger partial charge in [-0.2, -0.15) is 5.26 Å². The molecule has 0 fully saturated rings. The molecule has 0 atom stereocenters. The highest BCUT2D eigenvalue weighted by atomic mass is 15.0. The molecule has 374 valence electrons. The minimum absolute atomic E-state index is 0.547. The second-order valence-corrected chi connectivity index (χ2v) is 21.6. The van der Waals surface area contributed by atoms with Crippen molar-refractivity contribution in [3.05, 3.63) is 256 Å². The molecule has 3 aromatic heterocycles. The molecule has 0 amide bonds. The molecule has 13 rings (SSSR count). The summed E-state index contributed by atoms with van der Waals surface area (Å²) in [7, 11) is 0. The van der Waals surface area contributed by atoms with Crippen LogP contribution >= 0.6 is 0 Å². The molecule has 0 aliphatic heterocycles. The van der Waals surface area contributed by atoms with E-state index in [9.17, 15) is 5.26 Å². The second kappa shape index (κ2) is 18.9. The average Bonchev–Trinajstić information content (AvgIpc) is 4.07. The Kier molecular flexibility index (Phi) is 11.7. The van der Waals surface area contributed by atoms with Crippen LogP contribution in [0.5, 0.6) is 0 Å². The zero-order chi connectivity index (χ0) is 53.5. The number of hydrogen-bond donors (Lipinski definition) is 0. The van der Waals surface area contributed by atoms with Crippen LogP contribution in [0.2, 0.25) is 0 Å². The minimum atomic E-state index is 0.547. The lowest BCUT2D eigenvalue weighted by atomic mass is 9.95. The van der Waals surface area contributed by atoms with E-state index in [0.29, 0.717) is 5.56 Å². The molecule has 0 aliphatic carbocycles. The molecule has 4 nitrogen and oxygen atoms in total. The van der Waals surface area contributed by atoms with E-state index in [-0.39, 0.29) is 0 Å². The first kappa shape index (κ1) is 48.1. The molecule has 0 N–H and O–H groups in total. The Hall–Kier alpha value is -9.56. The second-order valence-electron chi connectivity index (χ2n) is 21.6. The van der Waals surface area contributed by atoms with Crippen LogP contribution in [-0.2, 0) is 0 Å². The van der Waals surface area contributed by atoms with Crippen molar-refractivity contribution >= 4 is 43.6 Å². The van der Waals surface area contributed by atoms with Crippen LogP contribution in [0.1, 0.15) is 50.1 Å². The largest absolute Gasteiger partial charge is 0.308 e. The van der Waals surface area contributed by atoms with Gasteiger partial charge in [0, 0.05) is 32.7 Å². The Labute approximate surface area is 456 Å². The molecule has 0 saturated carbocycles. The van der Waals surface area contributed by atoms with Gasteiger partial charge in [0.15, 0.2) is 0 Å². The molecule has 3 heterocycles. The Morgan fingerprint density at radius 1 is 0.321 bits per heavy atom. The third-order valence-electron chi connectivity index (χ3n) is 16.1. The van der Waals surface area contributed by atoms with E-state index in [1.165, 1.54) is 66.8 Å². The summed E-state index contributed by atoms with van der Waals surface area (Å²) < 4.78 is 4.78. The predicted molar refractivity (Wildman–Crippen MR) is 328 cm³/mol. The van der Waals surface area contributed by atoms with Gasteiger partial charge >= 0.3 is 0 Å². The van der Waals surface area contributed by atoms with E-state index in [0.717, 1.165) is 99.8 Å². The maximum absolute atomic E-state index is 11.3. The number of benzene rings is 10. The first-order chi connectivity index (χ1) is 37.9. The molecular weight excluding hydrogens is 945 g/mol. The van der Waals surface area contributed by atoms with Crippen molar-refractivity contribution in [2.24, 2.45) is 0 Å². The van der Waals surface area contributed by atoms with Crippen LogP contribution in [-0.4, -0.2) is 14.1 Å². The van der Waals surface area contributed by atoms with E-state index in [1.54, 1.807) is 0 Å². The number of pyridine rings is 1. The zero-order valence-electron chi connectivity index (χ0n) is 45.4. The van der Waals surface area contributed by atoms with Gasteiger partial charge in [0.1, 0.15) is 0 Å². The number of fused-ring (bicyclic) bond motifs is 6. The molecule has 10 aromatic carbocycles. The van der Waals surface area contributed by atoms with E-state index in [2.05, 4.69) is 271 Å². The number of aromatic nitrogens is 3. The summed E-state index contributed by atoms with van der Waals surface area (Å²) in [4.78, 5) is 5.60. The molecule has 0 bridgehead atoms. The Bertz CT molecular complexity index is 4190. The number of hydrogen-bond acceptors (Lipinski definition) is 2. The number of rotatable bonds is 8. The van der Waals surface area contributed by atoms with Crippen LogP contribution < -0.4 is 0 Å². The minimum Gasteiger partial charge on any atom is -0.308 e. The first-order valence-corrected chi connectivity index (χ1v) is 27.0. The van der Waals surface area contributed by atoms with Crippen molar-refractivity contribution in [1.29, 1.82) is 5.26 Å². The van der Waals surface area contributed by atoms with Gasteiger partial charge in [0.05, 0.1) is 56.5 Å². The van der Waals surface area contributed by atoms with Crippen LogP contribution in [0.3, 0.4) is 0 Å². The van der Waals surface area contributed by atoms with E-state index in [1.807, 2.05) is 6.07 Å². The van der Waals surface area contributed by atoms with Crippen molar-refractivity contribution in [3.63, 3.8) is 0 Å². The fraction of sp³-hybridized carbons (Fsp3) is 0.108. The highest BCUT2D eigenvalue weighted by Gasteiger charge is 2.26. The van der Waals surface area contributed by atoms with E-state index >= 15 is 0 Å². The Morgan fingerprint density at radius 2 is 0.667 bits per heavy atom. The standard InChI is InChI=1S/C74H58N4/c1-44-17-25-58(48(5)33-44)54-21-29-68-62(39-54)63-40-55(59-26-18-45(2)34-49(59)6)22-30-69(63)77(68)72-37-52(43-75)38-73(74(72)67-16-12-15-66(76-67)53-13-10-9-11-14-53)78-70-31-23-56(60-27-19-46(3)35-50(60)7)41-64(70)65-42-57(24-32-71(65)78)61-28-20-47(4)36-51(61)8/h9-42H,1-8H3. The van der Waals surface area contributed by atoms with E-state index in [4.69, 9.17) is 4.98 Å². The van der Waals surface area contributed by atoms with Crippen molar-refractivity contribution in [3.8, 4) is 84.5 Å². The van der Waals surface area contributed by atoms with Crippen LogP contribution in [0.4, 0.5) is 0 Å². The summed E-state index contributed by atoms with van der Waals surface area (Å²) in [5.41, 5.74) is 29.4. The number of nitrogens with zero attached hydrogens (tertiary/aromatic N) is 4. The average molecular weight is 1000 g/mol. The van der Waals surface area contributed by atoms with Crippen molar-refractivity contribution in [2.45, 2.75) is 55.4 Å². The van der Waals surface area contributed by atoms with Crippen LogP contribution in [0, 0.1) is 66.7 Å². The summed E-state index contributed by atoms with van der Waals surface area (Å²) in [6.45, 7) is 17.4. The third kappa shape index (κ3) is 8.19. The monoisotopic (exact) mass is 1000 g/mol. The molecule has 13 aromatic rings. The molecule has 0 spiro atoms. The zero-order valence-corrected chi connectivity index (χ0v) is 45.4. The normalized spacial score (nSPS) is 11.6. The highest BCUT2D eigenvalue weighted by Crippen LogP contribution is 2.46. The molecule has 0 unspecified atom stereocenters. The Morgan fingerprint density at radius 3 is 1.00 bits per heavy atom. The summed E-state index contributed by atoms with van der Waals surface area (Å²) in [5.74, 6) is 0. The van der Waals surface area contributed by atoms with Gasteiger partial charge < -0.3 is 9.13 Å². The summed E-state index contributed by atoms with van der Waals surface area (Å²) in [6, 6.07) is 78.1. The maximum atomic E-state index is 11.3. The molecule has 0 aliphatic rings. The topological polar surface area (TPSA) is 46.5 Å². The van der Waals surface area contributed by atoms with Gasteiger partial charge in [0.2, 0.25) is 0 Å². The highest BCUT2D eigenvalue weighted by molar-refractivity contribution is 6.14. The predicted octanol–water partition coefficient (Wildman–Crippen LogP) is 19.6. The van der Waals surface area contributed by atoms with Gasteiger partial charge in [-0.15, -0.1) is 0 Å². The van der Waals surface area contributed by atoms with Gasteiger partial charge in [-0.1, -0.05) is 156 Å². The lowest BCUT2D eigenvalue weighted by molar-refractivity contribution is 1.12. The van der Waals surface area contributed by atoms with Crippen molar-refractivity contribution in [1.82, 2.24) is 14.1 Å². The summed E-state index contributed by atoms with van der Waals surface area (Å²) in [5, 5.41) is 15.9. The van der Waals surface area contributed by atoms with Gasteiger partial charge in [-0.05, 0) is 195 Å². The quantitative estimate of drug-likeness (QED) is 0.152. The maximum Gasteiger partial charge on any atom is 0.0993 e. The molecular formula is C74H58N4. The fourth-order valence-electron chi connectivity index (χ4n) is 12.4. The van der Waals surface area contributed by atoms with Crippen molar-refractivity contribution in [2.75, 3.05) is 0 Å². The Balaban J connectivity index is 1.16. The van der Waals surface area contributed by atoms with Crippen molar-refractivity contribution < 1.29 is 0 Å². The van der Waals surface area contributed by atoms with Crippen LogP contribution in [0.25, 0.3) is 122 Å². The lowest BCUT2D eigenvalue weighted by Gasteiger charge is -2.21. The lowest BCUT2D eigenvalue weighted by Crippen LogP contribution is -2.06.